The Labute approximate surface area is 149 Å². The fourth-order valence-corrected chi connectivity index (χ4v) is 3.84. The first-order valence-electron chi connectivity index (χ1n) is 8.09. The average Bonchev–Trinajstić information content (AvgIpc) is 2.58. The van der Waals surface area contributed by atoms with E-state index in [-0.39, 0.29) is 12.6 Å². The normalized spacial score (nSPS) is 12.4. The molecule has 2 aromatic rings. The van der Waals surface area contributed by atoms with E-state index >= 15 is 0 Å². The van der Waals surface area contributed by atoms with Crippen molar-refractivity contribution in [3.63, 3.8) is 0 Å². The highest BCUT2D eigenvalue weighted by atomic mass is 32.2. The summed E-state index contributed by atoms with van der Waals surface area (Å²) >= 11 is 1.25. The minimum atomic E-state index is -4.43. The minimum Gasteiger partial charge on any atom is -0.465 e. The molecular formula is C18H20F3NO2S. The molecule has 25 heavy (non-hydrogen) atoms. The first kappa shape index (κ1) is 19.6. The van der Waals surface area contributed by atoms with Crippen LogP contribution in [0.25, 0.3) is 10.9 Å². The summed E-state index contributed by atoms with van der Waals surface area (Å²) in [6.07, 6.45) is -1.87. The summed E-state index contributed by atoms with van der Waals surface area (Å²) in [7, 11) is 0. The highest BCUT2D eigenvalue weighted by Gasteiger charge is 2.38. The number of pyridine rings is 1. The summed E-state index contributed by atoms with van der Waals surface area (Å²) in [5, 5.41) is 0.387. The lowest BCUT2D eigenvalue weighted by Crippen LogP contribution is -2.35. The molecule has 1 aromatic heterocycles. The molecule has 0 unspecified atom stereocenters. The SMILES string of the molecule is CCOC(=O)C(CC)(CC)Sc1ccnc2ccc(C(F)(F)F)cc12. The van der Waals surface area contributed by atoms with E-state index < -0.39 is 16.5 Å². The third-order valence-electron chi connectivity index (χ3n) is 4.12. The van der Waals surface area contributed by atoms with Crippen LogP contribution >= 0.6 is 11.8 Å². The maximum absolute atomic E-state index is 13.0. The van der Waals surface area contributed by atoms with Gasteiger partial charge >= 0.3 is 12.1 Å². The van der Waals surface area contributed by atoms with Crippen LogP contribution in [0.5, 0.6) is 0 Å². The molecule has 3 nitrogen and oxygen atoms in total. The molecule has 1 heterocycles. The molecule has 0 atom stereocenters. The van der Waals surface area contributed by atoms with Crippen LogP contribution in [0.4, 0.5) is 13.2 Å². The van der Waals surface area contributed by atoms with Crippen LogP contribution in [-0.4, -0.2) is 22.3 Å². The zero-order valence-electron chi connectivity index (χ0n) is 14.3. The quantitative estimate of drug-likeness (QED) is 0.499. The monoisotopic (exact) mass is 371 g/mol. The molecule has 0 radical (unpaired) electrons. The molecule has 1 aromatic carbocycles. The van der Waals surface area contributed by atoms with Gasteiger partial charge < -0.3 is 4.74 Å². The number of halogens is 3. The highest BCUT2D eigenvalue weighted by molar-refractivity contribution is 8.01. The number of ether oxygens (including phenoxy) is 1. The topological polar surface area (TPSA) is 39.2 Å². The molecule has 0 N–H and O–H groups in total. The van der Waals surface area contributed by atoms with Crippen LogP contribution in [0.1, 0.15) is 39.2 Å². The van der Waals surface area contributed by atoms with Crippen molar-refractivity contribution in [3.05, 3.63) is 36.0 Å². The van der Waals surface area contributed by atoms with Gasteiger partial charge in [-0.1, -0.05) is 13.8 Å². The summed E-state index contributed by atoms with van der Waals surface area (Å²) in [6, 6.07) is 5.10. The zero-order chi connectivity index (χ0) is 18.7. The predicted molar refractivity (Wildman–Crippen MR) is 92.5 cm³/mol. The second kappa shape index (κ2) is 7.64. The molecule has 0 aliphatic carbocycles. The third-order valence-corrected chi connectivity index (χ3v) is 5.83. The third kappa shape index (κ3) is 4.08. The number of nitrogens with zero attached hydrogens (tertiary/aromatic N) is 1. The van der Waals surface area contributed by atoms with E-state index in [0.717, 1.165) is 12.1 Å². The van der Waals surface area contributed by atoms with Crippen molar-refractivity contribution < 1.29 is 22.7 Å². The van der Waals surface area contributed by atoms with E-state index in [0.29, 0.717) is 28.6 Å². The highest BCUT2D eigenvalue weighted by Crippen LogP contribution is 2.43. The van der Waals surface area contributed by atoms with E-state index in [4.69, 9.17) is 4.74 Å². The Hall–Kier alpha value is -1.76. The summed E-state index contributed by atoms with van der Waals surface area (Å²) < 4.78 is 43.5. The van der Waals surface area contributed by atoms with Gasteiger partial charge in [0.15, 0.2) is 0 Å². The zero-order valence-corrected chi connectivity index (χ0v) is 15.1. The van der Waals surface area contributed by atoms with Gasteiger partial charge in [-0.25, -0.2) is 0 Å². The number of esters is 1. The summed E-state index contributed by atoms with van der Waals surface area (Å²) in [5.74, 6) is -0.345. The Morgan fingerprint density at radius 1 is 1.16 bits per heavy atom. The van der Waals surface area contributed by atoms with E-state index in [1.165, 1.54) is 17.8 Å². The number of carbonyl (C=O) groups is 1. The Kier molecular flexibility index (Phi) is 5.98. The lowest BCUT2D eigenvalue weighted by molar-refractivity contribution is -0.146. The number of carbonyl (C=O) groups excluding carboxylic acids is 1. The molecule has 7 heteroatoms. The Morgan fingerprint density at radius 3 is 2.40 bits per heavy atom. The number of benzene rings is 1. The second-order valence-electron chi connectivity index (χ2n) is 5.56. The number of thioether (sulfide) groups is 1. The maximum Gasteiger partial charge on any atom is 0.416 e. The second-order valence-corrected chi connectivity index (χ2v) is 6.99. The van der Waals surface area contributed by atoms with Crippen molar-refractivity contribution in [3.8, 4) is 0 Å². The largest absolute Gasteiger partial charge is 0.465 e. The average molecular weight is 371 g/mol. The summed E-state index contributed by atoms with van der Waals surface area (Å²) in [5.41, 5.74) is -0.271. The minimum absolute atomic E-state index is 0.260. The van der Waals surface area contributed by atoms with Gasteiger partial charge in [0.2, 0.25) is 0 Å². The van der Waals surface area contributed by atoms with Gasteiger partial charge in [0, 0.05) is 16.5 Å². The Bertz CT molecular complexity index is 758. The van der Waals surface area contributed by atoms with Gasteiger partial charge in [0.05, 0.1) is 17.7 Å². The van der Waals surface area contributed by atoms with Crippen molar-refractivity contribution in [1.82, 2.24) is 4.98 Å². The number of hydrogen-bond donors (Lipinski definition) is 0. The van der Waals surface area contributed by atoms with Gasteiger partial charge in [0.25, 0.3) is 0 Å². The van der Waals surface area contributed by atoms with E-state index in [1.54, 1.807) is 19.2 Å². The molecule has 0 saturated carbocycles. The van der Waals surface area contributed by atoms with Crippen LogP contribution in [-0.2, 0) is 15.7 Å². The Morgan fingerprint density at radius 2 is 1.84 bits per heavy atom. The molecule has 0 saturated heterocycles. The number of fused-ring (bicyclic) bond motifs is 1. The number of aromatic nitrogens is 1. The number of alkyl halides is 3. The molecule has 2 rings (SSSR count). The van der Waals surface area contributed by atoms with Crippen LogP contribution in [0.15, 0.2) is 35.4 Å². The van der Waals surface area contributed by atoms with Crippen molar-refractivity contribution >= 4 is 28.6 Å². The van der Waals surface area contributed by atoms with Crippen molar-refractivity contribution in [2.45, 2.75) is 49.4 Å². The molecule has 0 amide bonds. The first-order chi connectivity index (χ1) is 11.8. The molecular weight excluding hydrogens is 351 g/mol. The molecule has 0 fully saturated rings. The van der Waals surface area contributed by atoms with Gasteiger partial charge in [0.1, 0.15) is 4.75 Å². The van der Waals surface area contributed by atoms with E-state index in [9.17, 15) is 18.0 Å². The van der Waals surface area contributed by atoms with Crippen molar-refractivity contribution in [1.29, 1.82) is 0 Å². The molecule has 136 valence electrons. The fourth-order valence-electron chi connectivity index (χ4n) is 2.58. The number of hydrogen-bond acceptors (Lipinski definition) is 4. The van der Waals surface area contributed by atoms with Crippen molar-refractivity contribution in [2.24, 2.45) is 0 Å². The number of rotatable bonds is 6. The van der Waals surface area contributed by atoms with Gasteiger partial charge in [-0.2, -0.15) is 13.2 Å². The van der Waals surface area contributed by atoms with E-state index in [1.807, 2.05) is 13.8 Å². The molecule has 0 bridgehead atoms. The van der Waals surface area contributed by atoms with Crippen LogP contribution in [0, 0.1) is 0 Å². The van der Waals surface area contributed by atoms with Crippen LogP contribution in [0.3, 0.4) is 0 Å². The standard InChI is InChI=1S/C18H20F3NO2S/c1-4-17(5-2,16(23)24-6-3)25-15-9-10-22-14-8-7-12(11-13(14)15)18(19,20)21/h7-11H,4-6H2,1-3H3. The van der Waals surface area contributed by atoms with Gasteiger partial charge in [-0.15, -0.1) is 11.8 Å². The van der Waals surface area contributed by atoms with Gasteiger partial charge in [-0.05, 0) is 44.0 Å². The molecule has 0 spiro atoms. The lowest BCUT2D eigenvalue weighted by Gasteiger charge is -2.28. The molecule has 0 aliphatic rings. The smallest absolute Gasteiger partial charge is 0.416 e. The van der Waals surface area contributed by atoms with Crippen molar-refractivity contribution in [2.75, 3.05) is 6.61 Å². The summed E-state index contributed by atoms with van der Waals surface area (Å²) in [6.45, 7) is 5.74. The first-order valence-corrected chi connectivity index (χ1v) is 8.91. The summed E-state index contributed by atoms with van der Waals surface area (Å²) in [4.78, 5) is 17.2. The van der Waals surface area contributed by atoms with Crippen LogP contribution in [0.2, 0.25) is 0 Å². The lowest BCUT2D eigenvalue weighted by atomic mass is 10.0. The predicted octanol–water partition coefficient (Wildman–Crippen LogP) is 5.47. The van der Waals surface area contributed by atoms with Crippen LogP contribution < -0.4 is 0 Å². The van der Waals surface area contributed by atoms with Gasteiger partial charge in [-0.3, -0.25) is 9.78 Å². The Balaban J connectivity index is 2.53. The fraction of sp³-hybridized carbons (Fsp3) is 0.444. The van der Waals surface area contributed by atoms with E-state index in [2.05, 4.69) is 4.98 Å². The maximum atomic E-state index is 13.0. The molecule has 0 aliphatic heterocycles.